The van der Waals surface area contributed by atoms with Gasteiger partial charge in [-0.2, -0.15) is 0 Å². The summed E-state index contributed by atoms with van der Waals surface area (Å²) in [4.78, 5) is 13.9. The van der Waals surface area contributed by atoms with Crippen molar-refractivity contribution in [3.8, 4) is 0 Å². The number of hydrogen-bond donors (Lipinski definition) is 1. The van der Waals surface area contributed by atoms with E-state index in [-0.39, 0.29) is 12.1 Å². The number of amides is 1. The largest absolute Gasteiger partial charge is 0.444 e. The SMILES string of the molecule is CC(C)(C)OC(=O)NC1CCN(CI)CC1. The highest BCUT2D eigenvalue weighted by Crippen LogP contribution is 2.13. The van der Waals surface area contributed by atoms with E-state index in [9.17, 15) is 4.79 Å². The molecule has 0 aliphatic carbocycles. The molecule has 1 amide bonds. The number of rotatable bonds is 2. The predicted molar refractivity (Wildman–Crippen MR) is 72.9 cm³/mol. The fourth-order valence-corrected chi connectivity index (χ4v) is 2.35. The summed E-state index contributed by atoms with van der Waals surface area (Å²) in [5.74, 6) is 0. The number of hydrogen-bond acceptors (Lipinski definition) is 3. The minimum absolute atomic E-state index is 0.272. The van der Waals surface area contributed by atoms with Crippen LogP contribution in [-0.2, 0) is 4.74 Å². The summed E-state index contributed by atoms with van der Waals surface area (Å²) >= 11 is 2.37. The maximum Gasteiger partial charge on any atom is 0.407 e. The Labute approximate surface area is 111 Å². The molecule has 16 heavy (non-hydrogen) atoms. The molecule has 94 valence electrons. The van der Waals surface area contributed by atoms with Gasteiger partial charge >= 0.3 is 6.09 Å². The van der Waals surface area contributed by atoms with Crippen LogP contribution in [0.15, 0.2) is 0 Å². The highest BCUT2D eigenvalue weighted by molar-refractivity contribution is 14.1. The average Bonchev–Trinajstić information content (AvgIpc) is 2.16. The number of carbonyl (C=O) groups excluding carboxylic acids is 1. The first kappa shape index (κ1) is 14.0. The Balaban J connectivity index is 2.26. The molecule has 1 aliphatic rings. The Kier molecular flexibility index (Phi) is 5.30. The van der Waals surface area contributed by atoms with Crippen LogP contribution >= 0.6 is 22.6 Å². The molecule has 1 aliphatic heterocycles. The second-order valence-corrected chi connectivity index (χ2v) is 5.84. The lowest BCUT2D eigenvalue weighted by Gasteiger charge is -2.31. The van der Waals surface area contributed by atoms with Gasteiger partial charge in [0.2, 0.25) is 0 Å². The minimum atomic E-state index is -0.410. The molecule has 1 fully saturated rings. The van der Waals surface area contributed by atoms with Crippen LogP contribution in [0.1, 0.15) is 33.6 Å². The van der Waals surface area contributed by atoms with Crippen molar-refractivity contribution in [2.45, 2.75) is 45.3 Å². The first-order chi connectivity index (χ1) is 7.40. The van der Waals surface area contributed by atoms with Gasteiger partial charge in [-0.3, -0.25) is 4.90 Å². The molecule has 1 heterocycles. The van der Waals surface area contributed by atoms with E-state index in [4.69, 9.17) is 4.74 Å². The van der Waals surface area contributed by atoms with Crippen molar-refractivity contribution in [3.63, 3.8) is 0 Å². The van der Waals surface area contributed by atoms with E-state index in [2.05, 4.69) is 32.8 Å². The summed E-state index contributed by atoms with van der Waals surface area (Å²) in [7, 11) is 0. The first-order valence-electron chi connectivity index (χ1n) is 5.68. The van der Waals surface area contributed by atoms with Crippen molar-refractivity contribution in [1.82, 2.24) is 10.2 Å². The molecule has 1 rings (SSSR count). The van der Waals surface area contributed by atoms with Crippen molar-refractivity contribution < 1.29 is 9.53 Å². The highest BCUT2D eigenvalue weighted by Gasteiger charge is 2.22. The normalized spacial score (nSPS) is 19.5. The Morgan fingerprint density at radius 2 is 2.00 bits per heavy atom. The zero-order valence-electron chi connectivity index (χ0n) is 10.3. The van der Waals surface area contributed by atoms with Crippen molar-refractivity contribution in [2.24, 2.45) is 0 Å². The van der Waals surface area contributed by atoms with Crippen molar-refractivity contribution in [2.75, 3.05) is 17.6 Å². The molecule has 1 N–H and O–H groups in total. The van der Waals surface area contributed by atoms with E-state index in [0.717, 1.165) is 30.5 Å². The Morgan fingerprint density at radius 3 is 2.44 bits per heavy atom. The molecule has 1 saturated heterocycles. The van der Waals surface area contributed by atoms with Crippen LogP contribution in [0, 0.1) is 0 Å². The third-order valence-corrected chi connectivity index (χ3v) is 3.44. The number of likely N-dealkylation sites (tertiary alicyclic amines) is 1. The molecule has 0 bridgehead atoms. The van der Waals surface area contributed by atoms with Crippen LogP contribution in [0.2, 0.25) is 0 Å². The number of piperidine rings is 1. The quantitative estimate of drug-likeness (QED) is 0.477. The molecule has 0 aromatic heterocycles. The molecule has 0 radical (unpaired) electrons. The Morgan fingerprint density at radius 1 is 1.44 bits per heavy atom. The topological polar surface area (TPSA) is 41.6 Å². The summed E-state index contributed by atoms with van der Waals surface area (Å²) in [6.07, 6.45) is 1.74. The third-order valence-electron chi connectivity index (χ3n) is 2.48. The van der Waals surface area contributed by atoms with E-state index in [1.807, 2.05) is 20.8 Å². The van der Waals surface area contributed by atoms with Gasteiger partial charge in [-0.1, -0.05) is 22.6 Å². The zero-order chi connectivity index (χ0) is 12.2. The van der Waals surface area contributed by atoms with Crippen LogP contribution in [0.25, 0.3) is 0 Å². The van der Waals surface area contributed by atoms with Crippen LogP contribution < -0.4 is 5.32 Å². The van der Waals surface area contributed by atoms with E-state index in [0.29, 0.717) is 0 Å². The molecule has 0 aromatic rings. The number of halogens is 1. The zero-order valence-corrected chi connectivity index (χ0v) is 12.4. The molecular formula is C11H21IN2O2. The smallest absolute Gasteiger partial charge is 0.407 e. The van der Waals surface area contributed by atoms with Gasteiger partial charge in [-0.15, -0.1) is 0 Å². The molecule has 0 aromatic carbocycles. The molecule has 0 spiro atoms. The molecule has 0 saturated carbocycles. The van der Waals surface area contributed by atoms with Crippen molar-refractivity contribution in [3.05, 3.63) is 0 Å². The average molecular weight is 340 g/mol. The Bertz CT molecular complexity index is 233. The summed E-state index contributed by atoms with van der Waals surface area (Å²) in [6, 6.07) is 0.272. The molecule has 4 nitrogen and oxygen atoms in total. The van der Waals surface area contributed by atoms with Crippen LogP contribution in [0.3, 0.4) is 0 Å². The Hall–Kier alpha value is -0.0400. The van der Waals surface area contributed by atoms with Gasteiger partial charge in [0.1, 0.15) is 5.60 Å². The van der Waals surface area contributed by atoms with E-state index in [1.165, 1.54) is 0 Å². The fourth-order valence-electron chi connectivity index (χ4n) is 1.67. The molecule has 0 unspecified atom stereocenters. The number of alkyl halides is 1. The lowest BCUT2D eigenvalue weighted by molar-refractivity contribution is 0.0483. The minimum Gasteiger partial charge on any atom is -0.444 e. The van der Waals surface area contributed by atoms with Crippen LogP contribution in [-0.4, -0.2) is 40.3 Å². The second kappa shape index (κ2) is 6.05. The van der Waals surface area contributed by atoms with E-state index >= 15 is 0 Å². The standard InChI is InChI=1S/C11H21IN2O2/c1-11(2,3)16-10(15)13-9-4-6-14(8-12)7-5-9/h9H,4-8H2,1-3H3,(H,13,15). The summed E-state index contributed by atoms with van der Waals surface area (Å²) in [5.41, 5.74) is -0.410. The van der Waals surface area contributed by atoms with Gasteiger partial charge in [0, 0.05) is 19.1 Å². The monoisotopic (exact) mass is 340 g/mol. The maximum atomic E-state index is 11.5. The van der Waals surface area contributed by atoms with E-state index < -0.39 is 5.60 Å². The molecule has 0 atom stereocenters. The van der Waals surface area contributed by atoms with Gasteiger partial charge in [0.25, 0.3) is 0 Å². The highest BCUT2D eigenvalue weighted by atomic mass is 127. The molecule has 5 heteroatoms. The van der Waals surface area contributed by atoms with Gasteiger partial charge in [0.15, 0.2) is 0 Å². The van der Waals surface area contributed by atoms with Gasteiger partial charge in [0.05, 0.1) is 4.55 Å². The second-order valence-electron chi connectivity index (χ2n) is 5.16. The maximum absolute atomic E-state index is 11.5. The molecular weight excluding hydrogens is 319 g/mol. The fraction of sp³-hybridized carbons (Fsp3) is 0.909. The van der Waals surface area contributed by atoms with Gasteiger partial charge < -0.3 is 10.1 Å². The summed E-state index contributed by atoms with van der Waals surface area (Å²) in [5, 5.41) is 2.93. The number of carbonyl (C=O) groups is 1. The third kappa shape index (κ3) is 5.34. The van der Waals surface area contributed by atoms with Crippen molar-refractivity contribution in [1.29, 1.82) is 0 Å². The first-order valence-corrected chi connectivity index (χ1v) is 7.21. The lowest BCUT2D eigenvalue weighted by Crippen LogP contribution is -2.45. The number of nitrogens with one attached hydrogen (secondary N) is 1. The number of alkyl carbamates (subject to hydrolysis) is 1. The van der Waals surface area contributed by atoms with Crippen molar-refractivity contribution >= 4 is 28.7 Å². The predicted octanol–water partition coefficient (Wildman–Crippen LogP) is 2.37. The van der Waals surface area contributed by atoms with Crippen LogP contribution in [0.5, 0.6) is 0 Å². The van der Waals surface area contributed by atoms with E-state index in [1.54, 1.807) is 0 Å². The number of nitrogens with zero attached hydrogens (tertiary/aromatic N) is 1. The van der Waals surface area contributed by atoms with Gasteiger partial charge in [-0.05, 0) is 33.6 Å². The lowest BCUT2D eigenvalue weighted by atomic mass is 10.1. The van der Waals surface area contributed by atoms with Crippen LogP contribution in [0.4, 0.5) is 4.79 Å². The summed E-state index contributed by atoms with van der Waals surface area (Å²) < 4.78 is 6.29. The summed E-state index contributed by atoms with van der Waals surface area (Å²) in [6.45, 7) is 7.76. The number of ether oxygens (including phenoxy) is 1. The van der Waals surface area contributed by atoms with Gasteiger partial charge in [-0.25, -0.2) is 4.79 Å².